The van der Waals surface area contributed by atoms with Crippen molar-refractivity contribution in [2.45, 2.75) is 31.7 Å². The van der Waals surface area contributed by atoms with Crippen LogP contribution in [0.3, 0.4) is 0 Å². The van der Waals surface area contributed by atoms with E-state index in [1.807, 2.05) is 18.2 Å². The Morgan fingerprint density at radius 1 is 1.50 bits per heavy atom. The molecule has 1 saturated heterocycles. The molecule has 1 amide bonds. The first-order chi connectivity index (χ1) is 11.7. The zero-order valence-corrected chi connectivity index (χ0v) is 13.0. The van der Waals surface area contributed by atoms with Gasteiger partial charge >= 0.3 is 0 Å². The van der Waals surface area contributed by atoms with E-state index in [0.717, 1.165) is 5.69 Å². The number of ether oxygens (including phenoxy) is 2. The number of aromatic nitrogens is 5. The van der Waals surface area contributed by atoms with Crippen molar-refractivity contribution in [3.05, 3.63) is 30.1 Å². The van der Waals surface area contributed by atoms with Gasteiger partial charge in [0.2, 0.25) is 11.9 Å². The highest BCUT2D eigenvalue weighted by Gasteiger charge is 2.28. The highest BCUT2D eigenvalue weighted by molar-refractivity contribution is 5.76. The average molecular weight is 333 g/mol. The van der Waals surface area contributed by atoms with E-state index in [2.05, 4.69) is 25.8 Å². The Hall–Kier alpha value is -2.59. The smallest absolute Gasteiger partial charge is 0.242 e. The molecular weight excluding hydrogens is 314 g/mol. The van der Waals surface area contributed by atoms with Crippen LogP contribution in [0, 0.1) is 0 Å². The second-order valence-corrected chi connectivity index (χ2v) is 5.40. The van der Waals surface area contributed by atoms with E-state index >= 15 is 0 Å². The number of nitrogens with two attached hydrogens (primary N) is 1. The fraction of sp³-hybridized carbons (Fsp3) is 0.500. The Labute approximate surface area is 138 Å². The minimum absolute atomic E-state index is 0.0533. The lowest BCUT2D eigenvalue weighted by Crippen LogP contribution is -2.51. The molecular formula is C14H19N7O3. The number of nitrogens with one attached hydrogen (secondary N) is 1. The van der Waals surface area contributed by atoms with E-state index in [9.17, 15) is 4.79 Å². The Morgan fingerprint density at radius 3 is 3.17 bits per heavy atom. The number of hydrogen-bond acceptors (Lipinski definition) is 8. The lowest BCUT2D eigenvalue weighted by Gasteiger charge is -2.32. The SMILES string of the molecule is Nc1nnnn1CC(=O)N[C@@H]1COCC[C@H]1OCc1ccccn1. The molecule has 2 aromatic rings. The molecule has 0 spiro atoms. The molecule has 0 bridgehead atoms. The van der Waals surface area contributed by atoms with Crippen LogP contribution in [0.15, 0.2) is 24.4 Å². The predicted molar refractivity (Wildman–Crippen MR) is 82.4 cm³/mol. The summed E-state index contributed by atoms with van der Waals surface area (Å²) in [7, 11) is 0. The van der Waals surface area contributed by atoms with Gasteiger partial charge in [0.15, 0.2) is 0 Å². The third-order valence-electron chi connectivity index (χ3n) is 3.66. The van der Waals surface area contributed by atoms with Crippen LogP contribution in [0.2, 0.25) is 0 Å². The van der Waals surface area contributed by atoms with Gasteiger partial charge in [-0.3, -0.25) is 9.78 Å². The first-order valence-corrected chi connectivity index (χ1v) is 7.62. The fourth-order valence-corrected chi connectivity index (χ4v) is 2.44. The van der Waals surface area contributed by atoms with Gasteiger partial charge in [0, 0.05) is 12.8 Å². The first-order valence-electron chi connectivity index (χ1n) is 7.62. The summed E-state index contributed by atoms with van der Waals surface area (Å²) in [6, 6.07) is 5.41. The lowest BCUT2D eigenvalue weighted by molar-refractivity contribution is -0.127. The van der Waals surface area contributed by atoms with Crippen molar-refractivity contribution in [2.75, 3.05) is 18.9 Å². The second-order valence-electron chi connectivity index (χ2n) is 5.40. The third-order valence-corrected chi connectivity index (χ3v) is 3.66. The Bertz CT molecular complexity index is 663. The van der Waals surface area contributed by atoms with Crippen molar-refractivity contribution in [3.8, 4) is 0 Å². The van der Waals surface area contributed by atoms with Crippen LogP contribution < -0.4 is 11.1 Å². The van der Waals surface area contributed by atoms with Gasteiger partial charge in [0.25, 0.3) is 0 Å². The maximum absolute atomic E-state index is 12.1. The number of amides is 1. The van der Waals surface area contributed by atoms with Gasteiger partial charge in [0.1, 0.15) is 6.54 Å². The molecule has 0 radical (unpaired) electrons. The van der Waals surface area contributed by atoms with Gasteiger partial charge < -0.3 is 20.5 Å². The number of carbonyl (C=O) groups excluding carboxylic acids is 1. The average Bonchev–Trinajstić information content (AvgIpc) is 3.00. The topological polar surface area (TPSA) is 130 Å². The summed E-state index contributed by atoms with van der Waals surface area (Å²) in [4.78, 5) is 16.4. The summed E-state index contributed by atoms with van der Waals surface area (Å²) in [6.07, 6.45) is 2.28. The highest BCUT2D eigenvalue weighted by atomic mass is 16.5. The van der Waals surface area contributed by atoms with Gasteiger partial charge in [-0.25, -0.2) is 4.68 Å². The van der Waals surface area contributed by atoms with E-state index in [4.69, 9.17) is 15.2 Å². The number of tetrazole rings is 1. The molecule has 0 aliphatic carbocycles. The van der Waals surface area contributed by atoms with E-state index in [-0.39, 0.29) is 30.5 Å². The summed E-state index contributed by atoms with van der Waals surface area (Å²) in [5, 5.41) is 13.5. The number of rotatable bonds is 6. The standard InChI is InChI=1S/C14H19N7O3/c15-14-18-19-20-21(14)7-13(22)17-11-9-23-6-4-12(11)24-8-10-3-1-2-5-16-10/h1-3,5,11-12H,4,6-9H2,(H,17,22)(H2,15,18,20)/t11-,12-/m1/s1. The minimum atomic E-state index is -0.254. The maximum Gasteiger partial charge on any atom is 0.242 e. The molecule has 1 fully saturated rings. The van der Waals surface area contributed by atoms with E-state index in [1.165, 1.54) is 4.68 Å². The molecule has 10 nitrogen and oxygen atoms in total. The molecule has 2 atom stereocenters. The minimum Gasteiger partial charge on any atom is -0.379 e. The third kappa shape index (κ3) is 4.24. The molecule has 2 aromatic heterocycles. The maximum atomic E-state index is 12.1. The van der Waals surface area contributed by atoms with Gasteiger partial charge in [-0.05, 0) is 29.0 Å². The van der Waals surface area contributed by atoms with Crippen molar-refractivity contribution in [3.63, 3.8) is 0 Å². The summed E-state index contributed by atoms with van der Waals surface area (Å²) in [5.74, 6) is -0.163. The molecule has 3 N–H and O–H groups in total. The molecule has 1 aliphatic rings. The Kier molecular flexibility index (Phi) is 5.29. The first kappa shape index (κ1) is 16.3. The molecule has 24 heavy (non-hydrogen) atoms. The van der Waals surface area contributed by atoms with E-state index < -0.39 is 0 Å². The van der Waals surface area contributed by atoms with Gasteiger partial charge in [-0.2, -0.15) is 0 Å². The number of nitrogens with zero attached hydrogens (tertiary/aromatic N) is 5. The van der Waals surface area contributed by atoms with E-state index in [0.29, 0.717) is 26.2 Å². The Balaban J connectivity index is 1.54. The number of anilines is 1. The molecule has 10 heteroatoms. The summed E-state index contributed by atoms with van der Waals surface area (Å²) in [5.41, 5.74) is 6.40. The van der Waals surface area contributed by atoms with Crippen molar-refractivity contribution < 1.29 is 14.3 Å². The summed E-state index contributed by atoms with van der Waals surface area (Å²) < 4.78 is 12.6. The van der Waals surface area contributed by atoms with Gasteiger partial charge in [0.05, 0.1) is 31.1 Å². The fourth-order valence-electron chi connectivity index (χ4n) is 2.44. The number of nitrogen functional groups attached to an aromatic ring is 1. The Morgan fingerprint density at radius 2 is 2.42 bits per heavy atom. The van der Waals surface area contributed by atoms with Crippen LogP contribution in [-0.4, -0.2) is 56.5 Å². The van der Waals surface area contributed by atoms with Crippen molar-refractivity contribution in [1.29, 1.82) is 0 Å². The monoisotopic (exact) mass is 333 g/mol. The normalized spacial score (nSPS) is 20.7. The van der Waals surface area contributed by atoms with Crippen LogP contribution in [0.5, 0.6) is 0 Å². The van der Waals surface area contributed by atoms with Gasteiger partial charge in [-0.1, -0.05) is 11.2 Å². The van der Waals surface area contributed by atoms with Crippen molar-refractivity contribution in [2.24, 2.45) is 0 Å². The lowest BCUT2D eigenvalue weighted by atomic mass is 10.1. The molecule has 0 unspecified atom stereocenters. The molecule has 128 valence electrons. The van der Waals surface area contributed by atoms with Crippen molar-refractivity contribution in [1.82, 2.24) is 30.5 Å². The van der Waals surface area contributed by atoms with Crippen LogP contribution in [0.1, 0.15) is 12.1 Å². The molecule has 0 aromatic carbocycles. The van der Waals surface area contributed by atoms with Crippen LogP contribution >= 0.6 is 0 Å². The molecule has 0 saturated carbocycles. The second kappa shape index (κ2) is 7.79. The molecule has 3 rings (SSSR count). The quantitative estimate of drug-likeness (QED) is 0.698. The number of pyridine rings is 1. The molecule has 1 aliphatic heterocycles. The van der Waals surface area contributed by atoms with Gasteiger partial charge in [-0.15, -0.1) is 0 Å². The number of carbonyl (C=O) groups is 1. The predicted octanol–water partition coefficient (Wildman–Crippen LogP) is -0.859. The zero-order valence-electron chi connectivity index (χ0n) is 13.0. The zero-order chi connectivity index (χ0) is 16.8. The van der Waals surface area contributed by atoms with Crippen LogP contribution in [0.25, 0.3) is 0 Å². The summed E-state index contributed by atoms with van der Waals surface area (Å²) in [6.45, 7) is 1.32. The van der Waals surface area contributed by atoms with Crippen molar-refractivity contribution >= 4 is 11.9 Å². The van der Waals surface area contributed by atoms with Crippen LogP contribution in [-0.2, 0) is 27.4 Å². The van der Waals surface area contributed by atoms with Crippen LogP contribution in [0.4, 0.5) is 5.95 Å². The largest absolute Gasteiger partial charge is 0.379 e. The summed E-state index contributed by atoms with van der Waals surface area (Å²) >= 11 is 0. The van der Waals surface area contributed by atoms with E-state index in [1.54, 1.807) is 6.20 Å². The highest BCUT2D eigenvalue weighted by Crippen LogP contribution is 2.14. The number of hydrogen-bond donors (Lipinski definition) is 2. The molecule has 3 heterocycles.